The zero-order valence-corrected chi connectivity index (χ0v) is 13.6. The summed E-state index contributed by atoms with van der Waals surface area (Å²) in [6.45, 7) is 0. The van der Waals surface area contributed by atoms with Crippen LogP contribution < -0.4 is 10.1 Å². The molecule has 24 heavy (non-hydrogen) atoms. The number of halogens is 2. The molecule has 0 bridgehead atoms. The van der Waals surface area contributed by atoms with Crippen molar-refractivity contribution >= 4 is 17.7 Å². The van der Waals surface area contributed by atoms with E-state index in [1.807, 2.05) is 6.07 Å². The molecule has 4 nitrogen and oxygen atoms in total. The van der Waals surface area contributed by atoms with Crippen molar-refractivity contribution in [2.75, 3.05) is 12.9 Å². The van der Waals surface area contributed by atoms with Crippen molar-refractivity contribution in [3.05, 3.63) is 59.7 Å². The van der Waals surface area contributed by atoms with Crippen LogP contribution in [0.25, 0.3) is 0 Å². The third kappa shape index (κ3) is 4.70. The maximum absolute atomic E-state index is 13.7. The first-order valence-corrected chi connectivity index (χ1v) is 7.93. The van der Waals surface area contributed by atoms with E-state index < -0.39 is 23.6 Å². The van der Waals surface area contributed by atoms with Crippen molar-refractivity contribution < 1.29 is 18.3 Å². The summed E-state index contributed by atoms with van der Waals surface area (Å²) in [7, 11) is 1.55. The number of methoxy groups -OCH3 is 1. The number of amides is 1. The maximum Gasteiger partial charge on any atom is 0.231 e. The molecule has 0 spiro atoms. The number of nitrogens with zero attached hydrogens (tertiary/aromatic N) is 1. The van der Waals surface area contributed by atoms with Gasteiger partial charge in [0.1, 0.15) is 23.4 Å². The van der Waals surface area contributed by atoms with Crippen molar-refractivity contribution in [2.24, 2.45) is 0 Å². The first kappa shape index (κ1) is 17.8. The van der Waals surface area contributed by atoms with Gasteiger partial charge in [0, 0.05) is 16.5 Å². The van der Waals surface area contributed by atoms with Crippen molar-refractivity contribution in [2.45, 2.75) is 10.9 Å². The van der Waals surface area contributed by atoms with Crippen LogP contribution >= 0.6 is 11.8 Å². The number of nitrogens with one attached hydrogen (secondary N) is 1. The normalized spacial score (nSPS) is 11.4. The summed E-state index contributed by atoms with van der Waals surface area (Å²) < 4.78 is 31.7. The van der Waals surface area contributed by atoms with Crippen LogP contribution in [-0.4, -0.2) is 18.8 Å². The average Bonchev–Trinajstić information content (AvgIpc) is 2.58. The van der Waals surface area contributed by atoms with Gasteiger partial charge in [0.05, 0.1) is 18.9 Å². The molecule has 0 fully saturated rings. The van der Waals surface area contributed by atoms with Crippen molar-refractivity contribution in [3.63, 3.8) is 0 Å². The molecule has 2 aromatic carbocycles. The third-order valence-electron chi connectivity index (χ3n) is 3.12. The van der Waals surface area contributed by atoms with Gasteiger partial charge in [-0.3, -0.25) is 4.79 Å². The van der Waals surface area contributed by atoms with Crippen LogP contribution in [0.1, 0.15) is 11.6 Å². The Kier molecular flexibility index (Phi) is 6.15. The second-order valence-electron chi connectivity index (χ2n) is 4.76. The minimum absolute atomic E-state index is 0.0498. The summed E-state index contributed by atoms with van der Waals surface area (Å²) in [4.78, 5) is 12.8. The van der Waals surface area contributed by atoms with E-state index in [-0.39, 0.29) is 11.3 Å². The van der Waals surface area contributed by atoms with Crippen LogP contribution in [0.15, 0.2) is 47.4 Å². The van der Waals surface area contributed by atoms with Crippen molar-refractivity contribution in [1.29, 1.82) is 5.26 Å². The lowest BCUT2D eigenvalue weighted by atomic mass is 10.1. The van der Waals surface area contributed by atoms with E-state index >= 15 is 0 Å². The highest BCUT2D eigenvalue weighted by Crippen LogP contribution is 2.23. The van der Waals surface area contributed by atoms with E-state index in [0.717, 1.165) is 17.0 Å². The van der Waals surface area contributed by atoms with Gasteiger partial charge >= 0.3 is 0 Å². The highest BCUT2D eigenvalue weighted by atomic mass is 32.2. The smallest absolute Gasteiger partial charge is 0.231 e. The van der Waals surface area contributed by atoms with Gasteiger partial charge in [0.2, 0.25) is 5.91 Å². The Morgan fingerprint density at radius 2 is 2.12 bits per heavy atom. The molecule has 0 radical (unpaired) electrons. The molecule has 0 aromatic heterocycles. The predicted octanol–water partition coefficient (Wildman–Crippen LogP) is 3.45. The number of carbonyl (C=O) groups excluding carboxylic acids is 1. The molecular weight excluding hydrogens is 334 g/mol. The quantitative estimate of drug-likeness (QED) is 0.812. The van der Waals surface area contributed by atoms with E-state index in [0.29, 0.717) is 11.8 Å². The molecule has 0 aliphatic carbocycles. The van der Waals surface area contributed by atoms with Crippen LogP contribution in [0.2, 0.25) is 0 Å². The Bertz CT molecular complexity index is 777. The van der Waals surface area contributed by atoms with Crippen LogP contribution in [0.5, 0.6) is 5.75 Å². The molecule has 2 aromatic rings. The molecular formula is C17H14F2N2O2S. The lowest BCUT2D eigenvalue weighted by Gasteiger charge is -2.13. The van der Waals surface area contributed by atoms with E-state index in [9.17, 15) is 13.6 Å². The van der Waals surface area contributed by atoms with E-state index in [2.05, 4.69) is 5.32 Å². The third-order valence-corrected chi connectivity index (χ3v) is 4.11. The summed E-state index contributed by atoms with van der Waals surface area (Å²) >= 11 is 1.26. The number of benzene rings is 2. The number of hydrogen-bond donors (Lipinski definition) is 1. The molecule has 1 atom stereocenters. The van der Waals surface area contributed by atoms with Gasteiger partial charge in [0.15, 0.2) is 0 Å². The number of ether oxygens (including phenoxy) is 1. The lowest BCUT2D eigenvalue weighted by Crippen LogP contribution is -2.29. The number of thioether (sulfide) groups is 1. The average molecular weight is 348 g/mol. The van der Waals surface area contributed by atoms with Crippen molar-refractivity contribution in [1.82, 2.24) is 5.32 Å². The van der Waals surface area contributed by atoms with Crippen LogP contribution in [0, 0.1) is 23.0 Å². The fourth-order valence-electron chi connectivity index (χ4n) is 1.96. The molecule has 0 heterocycles. The zero-order valence-electron chi connectivity index (χ0n) is 12.8. The lowest BCUT2D eigenvalue weighted by molar-refractivity contribution is -0.118. The summed E-state index contributed by atoms with van der Waals surface area (Å²) in [5.74, 6) is -1.33. The molecule has 1 N–H and O–H groups in total. The van der Waals surface area contributed by atoms with Crippen LogP contribution in [0.4, 0.5) is 8.78 Å². The largest absolute Gasteiger partial charge is 0.497 e. The predicted molar refractivity (Wildman–Crippen MR) is 86.6 cm³/mol. The van der Waals surface area contributed by atoms with Gasteiger partial charge in [-0.15, -0.1) is 11.8 Å². The summed E-state index contributed by atoms with van der Waals surface area (Å²) in [5, 5.41) is 11.6. The first-order chi connectivity index (χ1) is 11.5. The number of hydrogen-bond acceptors (Lipinski definition) is 4. The van der Waals surface area contributed by atoms with Crippen LogP contribution in [-0.2, 0) is 4.79 Å². The molecule has 0 aliphatic heterocycles. The summed E-state index contributed by atoms with van der Waals surface area (Å²) in [6, 6.07) is 10.7. The number of rotatable bonds is 6. The molecule has 0 aliphatic rings. The molecule has 1 amide bonds. The van der Waals surface area contributed by atoms with E-state index in [1.54, 1.807) is 31.4 Å². The Labute approximate surface area is 142 Å². The van der Waals surface area contributed by atoms with Gasteiger partial charge in [-0.25, -0.2) is 8.78 Å². The standard InChI is InChI=1S/C17H14F2N2O2S/c1-23-12-3-2-4-13(8-12)24-10-17(22)21-16(9-20)14-6-5-11(18)7-15(14)19/h2-8,16H,10H2,1H3,(H,21,22)/t16-/m0/s1. The highest BCUT2D eigenvalue weighted by Gasteiger charge is 2.18. The fraction of sp³-hybridized carbons (Fsp3) is 0.176. The van der Waals surface area contributed by atoms with E-state index in [1.165, 1.54) is 11.8 Å². The summed E-state index contributed by atoms with van der Waals surface area (Å²) in [5.41, 5.74) is -0.0707. The van der Waals surface area contributed by atoms with Gasteiger partial charge in [0.25, 0.3) is 0 Å². The maximum atomic E-state index is 13.7. The minimum atomic E-state index is -1.18. The molecule has 0 saturated heterocycles. The van der Waals surface area contributed by atoms with Crippen molar-refractivity contribution in [3.8, 4) is 11.8 Å². The second-order valence-corrected chi connectivity index (χ2v) is 5.81. The molecule has 2 rings (SSSR count). The fourth-order valence-corrected chi connectivity index (χ4v) is 2.71. The zero-order chi connectivity index (χ0) is 17.5. The van der Waals surface area contributed by atoms with Gasteiger partial charge < -0.3 is 10.1 Å². The Balaban J connectivity index is 1.98. The Morgan fingerprint density at radius 1 is 1.33 bits per heavy atom. The van der Waals surface area contributed by atoms with Gasteiger partial charge in [-0.1, -0.05) is 12.1 Å². The number of carbonyl (C=O) groups is 1. The first-order valence-electron chi connectivity index (χ1n) is 6.94. The SMILES string of the molecule is COc1cccc(SCC(=O)N[C@@H](C#N)c2ccc(F)cc2F)c1. The molecule has 7 heteroatoms. The highest BCUT2D eigenvalue weighted by molar-refractivity contribution is 8.00. The second kappa shape index (κ2) is 8.31. The topological polar surface area (TPSA) is 62.1 Å². The van der Waals surface area contributed by atoms with Crippen LogP contribution in [0.3, 0.4) is 0 Å². The Hall–Kier alpha value is -2.59. The van der Waals surface area contributed by atoms with E-state index in [4.69, 9.17) is 10.00 Å². The van der Waals surface area contributed by atoms with Gasteiger partial charge in [-0.05, 0) is 24.3 Å². The summed E-state index contributed by atoms with van der Waals surface area (Å²) in [6.07, 6.45) is 0. The molecule has 0 saturated carbocycles. The molecule has 0 unspecified atom stereocenters. The Morgan fingerprint density at radius 3 is 2.79 bits per heavy atom. The van der Waals surface area contributed by atoms with Gasteiger partial charge in [-0.2, -0.15) is 5.26 Å². The number of nitriles is 1. The minimum Gasteiger partial charge on any atom is -0.497 e. The molecule has 124 valence electrons. The monoisotopic (exact) mass is 348 g/mol.